The highest BCUT2D eigenvalue weighted by molar-refractivity contribution is 5.98. The van der Waals surface area contributed by atoms with Crippen LogP contribution < -0.4 is 60.6 Å². The summed E-state index contributed by atoms with van der Waals surface area (Å²) in [4.78, 5) is 134. The predicted molar refractivity (Wildman–Crippen MR) is 295 cm³/mol. The molecule has 0 aliphatic carbocycles. The molecule has 0 saturated carbocycles. The summed E-state index contributed by atoms with van der Waals surface area (Å²) in [7, 11) is 0. The summed E-state index contributed by atoms with van der Waals surface area (Å²) in [6.45, 7) is -0.624. The van der Waals surface area contributed by atoms with Gasteiger partial charge < -0.3 is 80.6 Å². The van der Waals surface area contributed by atoms with E-state index in [0.29, 0.717) is 61.8 Å². The van der Waals surface area contributed by atoms with E-state index < -0.39 is 115 Å². The lowest BCUT2D eigenvalue weighted by Gasteiger charge is -2.32. The molecule has 26 heteroatoms. The van der Waals surface area contributed by atoms with Crippen molar-refractivity contribution in [1.29, 1.82) is 0 Å². The Kier molecular flexibility index (Phi) is 24.6. The largest absolute Gasteiger partial charge is 0.480 e. The van der Waals surface area contributed by atoms with Crippen LogP contribution in [0.3, 0.4) is 0 Å². The molecule has 80 heavy (non-hydrogen) atoms. The quantitative estimate of drug-likeness (QED) is 0.0177. The Morgan fingerprint density at radius 3 is 1.43 bits per heavy atom. The number of rotatable bonds is 30. The van der Waals surface area contributed by atoms with E-state index in [9.17, 15) is 53.4 Å². The number of carbonyl (C=O) groups is 9. The molecule has 0 unspecified atom stereocenters. The summed E-state index contributed by atoms with van der Waals surface area (Å²) in [6, 6.07) is 15.9. The number of hydrogen-bond donors (Lipinski definition) is 13. The molecular formula is C54H75N15O11. The van der Waals surface area contributed by atoms with Crippen molar-refractivity contribution >= 4 is 65.1 Å². The second-order valence-corrected chi connectivity index (χ2v) is 19.6. The van der Waals surface area contributed by atoms with E-state index in [-0.39, 0.29) is 63.7 Å². The molecule has 8 atom stereocenters. The topological polar surface area (TPSA) is 428 Å². The van der Waals surface area contributed by atoms with Crippen LogP contribution in [-0.4, -0.2) is 173 Å². The Bertz CT molecular complexity index is 2640. The zero-order chi connectivity index (χ0) is 58.1. The van der Waals surface area contributed by atoms with Crippen LogP contribution >= 0.6 is 0 Å². The fraction of sp³-hybridized carbons (Fsp3) is 0.463. The molecule has 18 N–H and O–H groups in total. The number of carboxylic acids is 1. The molecule has 0 aromatic heterocycles. The second kappa shape index (κ2) is 31.7. The number of benzene rings is 3. The van der Waals surface area contributed by atoms with Crippen LogP contribution in [0.2, 0.25) is 0 Å². The van der Waals surface area contributed by atoms with Gasteiger partial charge in [0, 0.05) is 45.4 Å². The summed E-state index contributed by atoms with van der Waals surface area (Å²) in [5.41, 5.74) is 29.6. The molecule has 432 valence electrons. The second-order valence-electron chi connectivity index (χ2n) is 19.6. The van der Waals surface area contributed by atoms with Gasteiger partial charge in [0.15, 0.2) is 11.9 Å². The van der Waals surface area contributed by atoms with Gasteiger partial charge in [-0.1, -0.05) is 91.0 Å². The third-order valence-corrected chi connectivity index (χ3v) is 13.5. The van der Waals surface area contributed by atoms with Gasteiger partial charge in [-0.25, -0.2) is 4.79 Å². The number of guanidine groups is 2. The summed E-state index contributed by atoms with van der Waals surface area (Å²) >= 11 is 0. The molecule has 3 aromatic rings. The summed E-state index contributed by atoms with van der Waals surface area (Å²) in [6.07, 6.45) is 2.31. The highest BCUT2D eigenvalue weighted by Gasteiger charge is 2.43. The number of nitrogens with one attached hydrogen (secondary N) is 6. The van der Waals surface area contributed by atoms with Gasteiger partial charge in [0.25, 0.3) is 0 Å². The standard InChI is InChI=1S/C54H75N15O11/c55-36(20-10-24-60-53(56)57)50(77)69-27-13-23-43(69)51(78)68-26-12-22-42(68)49(76)62-31-44(71)63-38(28-33-14-4-1-5-15-33)45(72)67-41(32-70)48(75)66-40(30-35-18-8-3-9-19-35)47(74)65-39(29-34-16-6-2-7-17-34)46(73)64-37(52(79)80)21-11-25-61-54(58)59/h1-9,14-19,36-43,70H,10-13,20-32,55H2,(H,62,76)(H,63,71)(H,64,73)(H,65,74)(H,66,75)(H,67,72)(H,79,80)(H4,56,57,60)(H4,58,59,61)/t36-,37-,38-,39-,40-,41-,42-,43-/m0/s1. The molecule has 2 saturated heterocycles. The lowest BCUT2D eigenvalue weighted by Crippen LogP contribution is -2.60. The normalized spacial score (nSPS) is 17.0. The highest BCUT2D eigenvalue weighted by Crippen LogP contribution is 2.26. The first-order chi connectivity index (χ1) is 38.3. The van der Waals surface area contributed by atoms with E-state index in [2.05, 4.69) is 41.9 Å². The number of aliphatic carboxylic acids is 1. The predicted octanol–water partition coefficient (Wildman–Crippen LogP) is -3.25. The number of nitrogens with two attached hydrogens (primary N) is 5. The molecule has 2 aliphatic heterocycles. The van der Waals surface area contributed by atoms with Crippen molar-refractivity contribution in [3.8, 4) is 0 Å². The molecule has 2 fully saturated rings. The minimum absolute atomic E-state index is 0.0469. The van der Waals surface area contributed by atoms with E-state index in [4.69, 9.17) is 28.7 Å². The number of aliphatic imine (C=N–C) groups is 2. The molecule has 2 aliphatic rings. The van der Waals surface area contributed by atoms with Crippen LogP contribution in [0.25, 0.3) is 0 Å². The van der Waals surface area contributed by atoms with E-state index in [0.717, 1.165) is 0 Å². The Morgan fingerprint density at radius 2 is 0.963 bits per heavy atom. The van der Waals surface area contributed by atoms with Gasteiger partial charge in [0.05, 0.1) is 19.2 Å². The van der Waals surface area contributed by atoms with Crippen molar-refractivity contribution < 1.29 is 53.4 Å². The Balaban J connectivity index is 1.26. The highest BCUT2D eigenvalue weighted by atomic mass is 16.4. The monoisotopic (exact) mass is 1110 g/mol. The molecular weight excluding hydrogens is 1030 g/mol. The van der Waals surface area contributed by atoms with Gasteiger partial charge in [-0.05, 0) is 68.1 Å². The maximum atomic E-state index is 14.3. The Morgan fingerprint density at radius 1 is 0.550 bits per heavy atom. The fourth-order valence-electron chi connectivity index (χ4n) is 9.39. The average Bonchev–Trinajstić information content (AvgIpc) is 4.17. The van der Waals surface area contributed by atoms with Gasteiger partial charge in [-0.2, -0.15) is 0 Å². The lowest BCUT2D eigenvalue weighted by molar-refractivity contribution is -0.147. The first kappa shape index (κ1) is 62.2. The van der Waals surface area contributed by atoms with E-state index in [1.807, 2.05) is 0 Å². The number of amides is 8. The average molecular weight is 1110 g/mol. The van der Waals surface area contributed by atoms with Crippen LogP contribution in [0.4, 0.5) is 0 Å². The molecule has 0 bridgehead atoms. The third kappa shape index (κ3) is 19.7. The Hall–Kier alpha value is -8.65. The van der Waals surface area contributed by atoms with E-state index >= 15 is 0 Å². The van der Waals surface area contributed by atoms with Gasteiger partial charge in [0.2, 0.25) is 47.3 Å². The fourth-order valence-corrected chi connectivity index (χ4v) is 9.39. The number of aliphatic hydroxyl groups is 1. The zero-order valence-corrected chi connectivity index (χ0v) is 44.5. The van der Waals surface area contributed by atoms with Crippen molar-refractivity contribution in [3.63, 3.8) is 0 Å². The van der Waals surface area contributed by atoms with Crippen LogP contribution in [0.1, 0.15) is 68.1 Å². The van der Waals surface area contributed by atoms with Crippen LogP contribution in [0.5, 0.6) is 0 Å². The zero-order valence-electron chi connectivity index (χ0n) is 44.5. The molecule has 3 aromatic carbocycles. The van der Waals surface area contributed by atoms with E-state index in [1.165, 1.54) is 9.80 Å². The number of aliphatic hydroxyl groups excluding tert-OH is 1. The molecule has 0 radical (unpaired) electrons. The minimum Gasteiger partial charge on any atom is -0.480 e. The first-order valence-corrected chi connectivity index (χ1v) is 26.6. The van der Waals surface area contributed by atoms with Crippen LogP contribution in [0, 0.1) is 0 Å². The molecule has 8 amide bonds. The lowest BCUT2D eigenvalue weighted by atomic mass is 10.0. The SMILES string of the molecule is NC(N)=NCCC[C@H](NC(=O)[C@H](Cc1ccccc1)NC(=O)[C@H](Cc1ccccc1)NC(=O)[C@H](CO)NC(=O)[C@H](Cc1ccccc1)NC(=O)CNC(=O)[C@@H]1CCCN1C(=O)[C@@H]1CCCN1C(=O)[C@@H](N)CCCN=C(N)N)C(=O)O. The Labute approximate surface area is 463 Å². The molecule has 26 nitrogen and oxygen atoms in total. The van der Waals surface area contributed by atoms with Crippen molar-refractivity contribution in [1.82, 2.24) is 41.7 Å². The van der Waals surface area contributed by atoms with Crippen molar-refractivity contribution in [2.75, 3.05) is 39.3 Å². The molecule has 2 heterocycles. The van der Waals surface area contributed by atoms with Crippen LogP contribution in [-0.2, 0) is 62.4 Å². The summed E-state index contributed by atoms with van der Waals surface area (Å²) < 4.78 is 0. The van der Waals surface area contributed by atoms with Gasteiger partial charge in [0.1, 0.15) is 42.3 Å². The maximum absolute atomic E-state index is 14.3. The number of carboxylic acid groups (broad SMARTS) is 1. The van der Waals surface area contributed by atoms with Gasteiger partial charge >= 0.3 is 5.97 Å². The van der Waals surface area contributed by atoms with Crippen molar-refractivity contribution in [2.24, 2.45) is 38.7 Å². The number of nitrogens with zero attached hydrogens (tertiary/aromatic N) is 4. The van der Waals surface area contributed by atoms with E-state index in [1.54, 1.807) is 91.0 Å². The third-order valence-electron chi connectivity index (χ3n) is 13.5. The van der Waals surface area contributed by atoms with Crippen LogP contribution in [0.15, 0.2) is 101 Å². The first-order valence-electron chi connectivity index (χ1n) is 26.6. The molecule has 0 spiro atoms. The minimum atomic E-state index is -1.69. The smallest absolute Gasteiger partial charge is 0.326 e. The van der Waals surface area contributed by atoms with Gasteiger partial charge in [-0.3, -0.25) is 48.3 Å². The summed E-state index contributed by atoms with van der Waals surface area (Å²) in [5.74, 6) is -7.42. The number of carbonyl (C=O) groups excluding carboxylic acids is 8. The van der Waals surface area contributed by atoms with Crippen molar-refractivity contribution in [2.45, 2.75) is 119 Å². The molecule has 5 rings (SSSR count). The van der Waals surface area contributed by atoms with Crippen molar-refractivity contribution in [3.05, 3.63) is 108 Å². The number of likely N-dealkylation sites (tertiary alicyclic amines) is 2. The van der Waals surface area contributed by atoms with Gasteiger partial charge in [-0.15, -0.1) is 0 Å². The maximum Gasteiger partial charge on any atom is 0.326 e. The summed E-state index contributed by atoms with van der Waals surface area (Å²) in [5, 5.41) is 35.9. The number of hydrogen-bond acceptors (Lipinski definition) is 13.